The van der Waals surface area contributed by atoms with Crippen LogP contribution in [0.1, 0.15) is 39.0 Å². The fraction of sp³-hybridized carbons (Fsp3) is 0.923. The van der Waals surface area contributed by atoms with Gasteiger partial charge in [0, 0.05) is 12.6 Å². The molecule has 1 aliphatic carbocycles. The smallest absolute Gasteiger partial charge is 0.302 e. The minimum atomic E-state index is -4.41. The Kier molecular flexibility index (Phi) is 5.46. The number of nitriles is 1. The van der Waals surface area contributed by atoms with Crippen LogP contribution in [-0.2, 0) is 0 Å². The molecular formula is C13H21F3N2. The predicted octanol–water partition coefficient (Wildman–Crippen LogP) is 3.59. The first-order valence-corrected chi connectivity index (χ1v) is 6.55. The molecule has 0 aromatic carbocycles. The zero-order valence-corrected chi connectivity index (χ0v) is 11.0. The maximum Gasteiger partial charge on any atom is 0.405 e. The maximum absolute atomic E-state index is 12.5. The Morgan fingerprint density at radius 1 is 1.28 bits per heavy atom. The van der Waals surface area contributed by atoms with Gasteiger partial charge >= 0.3 is 6.18 Å². The average Bonchev–Trinajstić information content (AvgIpc) is 2.34. The number of halogens is 3. The molecule has 2 nitrogen and oxygen atoms in total. The van der Waals surface area contributed by atoms with Crippen LogP contribution < -0.4 is 0 Å². The van der Waals surface area contributed by atoms with Gasteiger partial charge in [-0.1, -0.05) is 13.3 Å². The third kappa shape index (κ3) is 4.16. The van der Waals surface area contributed by atoms with Crippen LogP contribution in [-0.4, -0.2) is 30.7 Å². The van der Waals surface area contributed by atoms with E-state index in [0.717, 1.165) is 38.0 Å². The van der Waals surface area contributed by atoms with Crippen molar-refractivity contribution in [3.63, 3.8) is 0 Å². The van der Waals surface area contributed by atoms with Crippen molar-refractivity contribution in [1.82, 2.24) is 4.90 Å². The third-order valence-electron chi connectivity index (χ3n) is 4.04. The molecule has 0 spiro atoms. The summed E-state index contributed by atoms with van der Waals surface area (Å²) in [5, 5.41) is 8.59. The highest BCUT2D eigenvalue weighted by Gasteiger charge is 2.41. The van der Waals surface area contributed by atoms with Crippen molar-refractivity contribution in [2.75, 3.05) is 13.6 Å². The molecule has 1 fully saturated rings. The second-order valence-corrected chi connectivity index (χ2v) is 5.25. The quantitative estimate of drug-likeness (QED) is 0.774. The van der Waals surface area contributed by atoms with Crippen LogP contribution in [0.15, 0.2) is 0 Å². The van der Waals surface area contributed by atoms with E-state index in [1.54, 1.807) is 11.9 Å². The lowest BCUT2D eigenvalue weighted by atomic mass is 9.84. The number of hydrogen-bond donors (Lipinski definition) is 0. The van der Waals surface area contributed by atoms with Gasteiger partial charge < -0.3 is 4.90 Å². The van der Waals surface area contributed by atoms with Crippen LogP contribution >= 0.6 is 0 Å². The molecular weight excluding hydrogens is 241 g/mol. The van der Waals surface area contributed by atoms with E-state index in [2.05, 4.69) is 6.92 Å². The van der Waals surface area contributed by atoms with Gasteiger partial charge in [0.1, 0.15) is 0 Å². The van der Waals surface area contributed by atoms with E-state index >= 15 is 0 Å². The van der Waals surface area contributed by atoms with Crippen LogP contribution in [0.5, 0.6) is 0 Å². The van der Waals surface area contributed by atoms with Crippen LogP contribution in [0.3, 0.4) is 0 Å². The Labute approximate surface area is 107 Å². The minimum Gasteiger partial charge on any atom is -0.302 e. The second kappa shape index (κ2) is 6.42. The summed E-state index contributed by atoms with van der Waals surface area (Å²) >= 11 is 0. The van der Waals surface area contributed by atoms with Crippen LogP contribution in [0.25, 0.3) is 0 Å². The molecule has 0 aliphatic heterocycles. The first-order valence-electron chi connectivity index (χ1n) is 6.55. The monoisotopic (exact) mass is 262 g/mol. The Morgan fingerprint density at radius 2 is 1.83 bits per heavy atom. The molecule has 0 saturated heterocycles. The van der Waals surface area contributed by atoms with Gasteiger partial charge in [-0.15, -0.1) is 0 Å². The van der Waals surface area contributed by atoms with Gasteiger partial charge in [0.25, 0.3) is 0 Å². The number of hydrogen-bond acceptors (Lipinski definition) is 2. The first kappa shape index (κ1) is 15.3. The van der Waals surface area contributed by atoms with Gasteiger partial charge in [-0.25, -0.2) is 0 Å². The molecule has 0 radical (unpaired) electrons. The predicted molar refractivity (Wildman–Crippen MR) is 63.8 cm³/mol. The molecule has 18 heavy (non-hydrogen) atoms. The van der Waals surface area contributed by atoms with Crippen LogP contribution in [0.4, 0.5) is 13.2 Å². The molecule has 5 heteroatoms. The summed E-state index contributed by atoms with van der Waals surface area (Å²) in [5.41, 5.74) is 0. The molecule has 1 aliphatic rings. The van der Waals surface area contributed by atoms with Crippen LogP contribution in [0, 0.1) is 23.2 Å². The minimum absolute atomic E-state index is 0.200. The first-order chi connectivity index (χ1) is 8.38. The van der Waals surface area contributed by atoms with Crippen molar-refractivity contribution < 1.29 is 13.2 Å². The summed E-state index contributed by atoms with van der Waals surface area (Å²) in [4.78, 5) is 1.72. The molecule has 0 N–H and O–H groups in total. The van der Waals surface area contributed by atoms with Crippen molar-refractivity contribution in [2.45, 2.75) is 51.2 Å². The van der Waals surface area contributed by atoms with Gasteiger partial charge in [0.2, 0.25) is 0 Å². The summed E-state index contributed by atoms with van der Waals surface area (Å²) in [6.45, 7) is 1.95. The summed E-state index contributed by atoms with van der Waals surface area (Å²) in [6.07, 6.45) is 0.822. The number of alkyl halides is 3. The standard InChI is InChI=1S/C13H21F3N2/c1-3-10-4-6-12(7-5-10)18(2)9-11(8-17)13(14,15)16/h10-12H,3-7,9H2,1-2H3. The molecule has 104 valence electrons. The van der Waals surface area contributed by atoms with E-state index in [1.165, 1.54) is 6.07 Å². The lowest BCUT2D eigenvalue weighted by molar-refractivity contribution is -0.163. The normalized spacial score (nSPS) is 26.9. The third-order valence-corrected chi connectivity index (χ3v) is 4.04. The van der Waals surface area contributed by atoms with Crippen molar-refractivity contribution in [1.29, 1.82) is 5.26 Å². The molecule has 0 aromatic rings. The Hall–Kier alpha value is -0.760. The van der Waals surface area contributed by atoms with Gasteiger partial charge in [-0.2, -0.15) is 18.4 Å². The zero-order chi connectivity index (χ0) is 13.8. The van der Waals surface area contributed by atoms with E-state index in [0.29, 0.717) is 0 Å². The van der Waals surface area contributed by atoms with Crippen molar-refractivity contribution in [2.24, 2.45) is 11.8 Å². The highest BCUT2D eigenvalue weighted by atomic mass is 19.4. The summed E-state index contributed by atoms with van der Waals surface area (Å²) < 4.78 is 37.5. The SMILES string of the molecule is CCC1CCC(N(C)CC(C#N)C(F)(F)F)CC1. The molecule has 0 amide bonds. The Balaban J connectivity index is 2.46. The molecule has 1 atom stereocenters. The van der Waals surface area contributed by atoms with Crippen LogP contribution in [0.2, 0.25) is 0 Å². The fourth-order valence-electron chi connectivity index (χ4n) is 2.65. The largest absolute Gasteiger partial charge is 0.405 e. The van der Waals surface area contributed by atoms with E-state index < -0.39 is 12.1 Å². The topological polar surface area (TPSA) is 27.0 Å². The molecule has 0 bridgehead atoms. The van der Waals surface area contributed by atoms with Gasteiger partial charge in [0.15, 0.2) is 5.92 Å². The number of rotatable bonds is 4. The van der Waals surface area contributed by atoms with Gasteiger partial charge in [0.05, 0.1) is 6.07 Å². The second-order valence-electron chi connectivity index (χ2n) is 5.25. The lowest BCUT2D eigenvalue weighted by Crippen LogP contribution is -2.41. The highest BCUT2D eigenvalue weighted by Crippen LogP contribution is 2.31. The van der Waals surface area contributed by atoms with E-state index in [1.807, 2.05) is 0 Å². The lowest BCUT2D eigenvalue weighted by Gasteiger charge is -2.35. The average molecular weight is 262 g/mol. The van der Waals surface area contributed by atoms with Crippen molar-refractivity contribution in [3.8, 4) is 6.07 Å². The molecule has 0 heterocycles. The molecule has 0 aromatic heterocycles. The fourth-order valence-corrected chi connectivity index (χ4v) is 2.65. The van der Waals surface area contributed by atoms with E-state index in [-0.39, 0.29) is 12.6 Å². The molecule has 1 rings (SSSR count). The Bertz CT molecular complexity index is 288. The van der Waals surface area contributed by atoms with Crippen molar-refractivity contribution in [3.05, 3.63) is 0 Å². The highest BCUT2D eigenvalue weighted by molar-refractivity contribution is 4.91. The van der Waals surface area contributed by atoms with Gasteiger partial charge in [-0.05, 0) is 38.6 Å². The summed E-state index contributed by atoms with van der Waals surface area (Å²) in [6, 6.07) is 1.57. The van der Waals surface area contributed by atoms with E-state index in [4.69, 9.17) is 5.26 Å². The zero-order valence-electron chi connectivity index (χ0n) is 11.0. The molecule has 1 unspecified atom stereocenters. The summed E-state index contributed by atoms with van der Waals surface area (Å²) in [5.74, 6) is -1.14. The Morgan fingerprint density at radius 3 is 2.22 bits per heavy atom. The van der Waals surface area contributed by atoms with Crippen molar-refractivity contribution >= 4 is 0 Å². The molecule has 1 saturated carbocycles. The maximum atomic E-state index is 12.5. The van der Waals surface area contributed by atoms with E-state index in [9.17, 15) is 13.2 Å². The number of nitrogens with zero attached hydrogens (tertiary/aromatic N) is 2. The van der Waals surface area contributed by atoms with Gasteiger partial charge in [-0.3, -0.25) is 0 Å². The summed E-state index contributed by atoms with van der Waals surface area (Å²) in [7, 11) is 1.70.